The quantitative estimate of drug-likeness (QED) is 0.603. The lowest BCUT2D eigenvalue weighted by Crippen LogP contribution is -2.31. The molecule has 0 spiro atoms. The van der Waals surface area contributed by atoms with Gasteiger partial charge in [0.05, 0.1) is 5.92 Å². The third kappa shape index (κ3) is 6.09. The predicted octanol–water partition coefficient (Wildman–Crippen LogP) is 1.47. The van der Waals surface area contributed by atoms with Gasteiger partial charge in [-0.1, -0.05) is 12.1 Å². The molecule has 4 N–H and O–H groups in total. The van der Waals surface area contributed by atoms with Gasteiger partial charge in [0.1, 0.15) is 25.1 Å². The summed E-state index contributed by atoms with van der Waals surface area (Å²) < 4.78 is 17.1. The van der Waals surface area contributed by atoms with E-state index in [-0.39, 0.29) is 25.9 Å². The summed E-state index contributed by atoms with van der Waals surface area (Å²) in [6.45, 7) is -0.600. The van der Waals surface area contributed by atoms with Gasteiger partial charge in [-0.05, 0) is 37.0 Å². The molecule has 1 unspecified atom stereocenters. The first-order chi connectivity index (χ1) is 10.4. The highest BCUT2D eigenvalue weighted by atomic mass is 19.1. The second-order valence-electron chi connectivity index (χ2n) is 4.94. The van der Waals surface area contributed by atoms with Crippen molar-refractivity contribution >= 4 is 11.9 Å². The molecule has 0 aliphatic rings. The lowest BCUT2D eigenvalue weighted by atomic mass is 9.93. The molecular formula is C15H20FNO5. The summed E-state index contributed by atoms with van der Waals surface area (Å²) in [4.78, 5) is 21.9. The van der Waals surface area contributed by atoms with Crippen molar-refractivity contribution in [3.05, 3.63) is 29.8 Å². The molecule has 0 heterocycles. The molecule has 0 aliphatic carbocycles. The molecule has 122 valence electrons. The summed E-state index contributed by atoms with van der Waals surface area (Å²) in [6, 6.07) is 5.65. The minimum Gasteiger partial charge on any atom is -0.491 e. The Kier molecular flexibility index (Phi) is 7.31. The summed E-state index contributed by atoms with van der Waals surface area (Å²) in [7, 11) is 0. The minimum atomic E-state index is -1.14. The first-order valence-electron chi connectivity index (χ1n) is 6.93. The van der Waals surface area contributed by atoms with E-state index in [1.54, 1.807) is 24.3 Å². The van der Waals surface area contributed by atoms with Crippen LogP contribution in [-0.2, 0) is 16.0 Å². The van der Waals surface area contributed by atoms with E-state index < -0.39 is 30.6 Å². The molecule has 7 heteroatoms. The predicted molar refractivity (Wildman–Crippen MR) is 77.6 cm³/mol. The number of carboxylic acids is 2. The van der Waals surface area contributed by atoms with Gasteiger partial charge in [0.25, 0.3) is 0 Å². The van der Waals surface area contributed by atoms with Crippen molar-refractivity contribution in [2.45, 2.75) is 25.3 Å². The SMILES string of the molecule is N[C@@H](CCC(Cc1ccc(OCCF)cc1)C(=O)O)C(=O)O. The zero-order valence-electron chi connectivity index (χ0n) is 12.1. The van der Waals surface area contributed by atoms with Crippen LogP contribution in [0.2, 0.25) is 0 Å². The van der Waals surface area contributed by atoms with E-state index in [0.29, 0.717) is 5.75 Å². The number of nitrogens with two attached hydrogens (primary N) is 1. The smallest absolute Gasteiger partial charge is 0.320 e. The summed E-state index contributed by atoms with van der Waals surface area (Å²) >= 11 is 0. The number of hydrogen-bond acceptors (Lipinski definition) is 4. The fourth-order valence-corrected chi connectivity index (χ4v) is 1.98. The highest BCUT2D eigenvalue weighted by Crippen LogP contribution is 2.18. The van der Waals surface area contributed by atoms with Gasteiger partial charge in [-0.15, -0.1) is 0 Å². The second kappa shape index (κ2) is 8.99. The highest BCUT2D eigenvalue weighted by Gasteiger charge is 2.21. The van der Waals surface area contributed by atoms with Crippen LogP contribution in [0.5, 0.6) is 5.75 Å². The van der Waals surface area contributed by atoms with Gasteiger partial charge in [0.2, 0.25) is 0 Å². The van der Waals surface area contributed by atoms with Gasteiger partial charge in [-0.25, -0.2) is 4.39 Å². The number of halogens is 1. The molecule has 0 amide bonds. The normalized spacial score (nSPS) is 13.4. The Bertz CT molecular complexity index is 491. The van der Waals surface area contributed by atoms with Crippen molar-refractivity contribution in [2.75, 3.05) is 13.3 Å². The zero-order valence-corrected chi connectivity index (χ0v) is 12.1. The molecule has 1 aromatic carbocycles. The third-order valence-electron chi connectivity index (χ3n) is 3.24. The maximum atomic E-state index is 12.0. The van der Waals surface area contributed by atoms with Crippen LogP contribution in [0.25, 0.3) is 0 Å². The Morgan fingerprint density at radius 2 is 1.77 bits per heavy atom. The zero-order chi connectivity index (χ0) is 16.5. The average molecular weight is 313 g/mol. The molecule has 0 aromatic heterocycles. The van der Waals surface area contributed by atoms with Gasteiger partial charge >= 0.3 is 11.9 Å². The van der Waals surface area contributed by atoms with Crippen LogP contribution in [0, 0.1) is 5.92 Å². The van der Waals surface area contributed by atoms with Crippen molar-refractivity contribution in [2.24, 2.45) is 11.7 Å². The van der Waals surface area contributed by atoms with Crippen LogP contribution >= 0.6 is 0 Å². The van der Waals surface area contributed by atoms with Gasteiger partial charge in [-0.3, -0.25) is 9.59 Å². The number of benzene rings is 1. The van der Waals surface area contributed by atoms with E-state index in [0.717, 1.165) is 5.56 Å². The summed E-state index contributed by atoms with van der Waals surface area (Å²) in [6.07, 6.45) is 0.554. The molecule has 1 aromatic rings. The van der Waals surface area contributed by atoms with Crippen LogP contribution in [0.1, 0.15) is 18.4 Å². The Morgan fingerprint density at radius 3 is 2.27 bits per heavy atom. The second-order valence-corrected chi connectivity index (χ2v) is 4.94. The van der Waals surface area contributed by atoms with Crippen LogP contribution in [-0.4, -0.2) is 41.5 Å². The van der Waals surface area contributed by atoms with Gasteiger partial charge in [0, 0.05) is 0 Å². The average Bonchev–Trinajstić information content (AvgIpc) is 2.49. The molecule has 0 aliphatic heterocycles. The van der Waals surface area contributed by atoms with Gasteiger partial charge < -0.3 is 20.7 Å². The van der Waals surface area contributed by atoms with Gasteiger partial charge in [0.15, 0.2) is 0 Å². The molecular weight excluding hydrogens is 293 g/mol. The van der Waals surface area contributed by atoms with E-state index in [2.05, 4.69) is 0 Å². The number of hydrogen-bond donors (Lipinski definition) is 3. The molecule has 0 bridgehead atoms. The number of alkyl halides is 1. The fourth-order valence-electron chi connectivity index (χ4n) is 1.98. The standard InChI is InChI=1S/C15H20FNO5/c16-7-8-22-12-4-1-10(2-5-12)9-11(14(18)19)3-6-13(17)15(20)21/h1-2,4-5,11,13H,3,6-9,17H2,(H,18,19)(H,20,21)/t11?,13-/m0/s1. The van der Waals surface area contributed by atoms with Crippen molar-refractivity contribution in [1.29, 1.82) is 0 Å². The van der Waals surface area contributed by atoms with E-state index >= 15 is 0 Å². The number of aliphatic carboxylic acids is 2. The fraction of sp³-hybridized carbons (Fsp3) is 0.467. The Morgan fingerprint density at radius 1 is 1.14 bits per heavy atom. The van der Waals surface area contributed by atoms with Gasteiger partial charge in [-0.2, -0.15) is 0 Å². The van der Waals surface area contributed by atoms with Crippen molar-refractivity contribution in [3.8, 4) is 5.75 Å². The van der Waals surface area contributed by atoms with E-state index in [9.17, 15) is 19.1 Å². The molecule has 6 nitrogen and oxygen atoms in total. The van der Waals surface area contributed by atoms with Crippen molar-refractivity contribution in [1.82, 2.24) is 0 Å². The number of carboxylic acid groups (broad SMARTS) is 2. The van der Waals surface area contributed by atoms with E-state index in [1.807, 2.05) is 0 Å². The molecule has 0 fully saturated rings. The van der Waals surface area contributed by atoms with E-state index in [1.165, 1.54) is 0 Å². The molecule has 1 rings (SSSR count). The summed E-state index contributed by atoms with van der Waals surface area (Å²) in [5.41, 5.74) is 6.17. The first kappa shape index (κ1) is 17.9. The highest BCUT2D eigenvalue weighted by molar-refractivity contribution is 5.73. The number of carbonyl (C=O) groups is 2. The lowest BCUT2D eigenvalue weighted by Gasteiger charge is -2.14. The molecule has 0 radical (unpaired) electrons. The molecule has 0 saturated heterocycles. The Balaban J connectivity index is 2.59. The van der Waals surface area contributed by atoms with Crippen molar-refractivity contribution in [3.63, 3.8) is 0 Å². The van der Waals surface area contributed by atoms with Crippen LogP contribution in [0.15, 0.2) is 24.3 Å². The summed E-state index contributed by atoms with van der Waals surface area (Å²) in [5.74, 6) is -2.32. The molecule has 2 atom stereocenters. The largest absolute Gasteiger partial charge is 0.491 e. The Hall–Kier alpha value is -2.15. The molecule has 22 heavy (non-hydrogen) atoms. The van der Waals surface area contributed by atoms with Crippen LogP contribution in [0.3, 0.4) is 0 Å². The third-order valence-corrected chi connectivity index (χ3v) is 3.24. The maximum absolute atomic E-state index is 12.0. The maximum Gasteiger partial charge on any atom is 0.320 e. The minimum absolute atomic E-state index is 0.0236. The monoisotopic (exact) mass is 313 g/mol. The van der Waals surface area contributed by atoms with E-state index in [4.69, 9.17) is 15.6 Å². The number of ether oxygens (including phenoxy) is 1. The number of rotatable bonds is 10. The topological polar surface area (TPSA) is 110 Å². The summed E-state index contributed by atoms with van der Waals surface area (Å²) in [5, 5.41) is 17.9. The first-order valence-corrected chi connectivity index (χ1v) is 6.93. The lowest BCUT2D eigenvalue weighted by molar-refractivity contribution is -0.143. The molecule has 0 saturated carbocycles. The van der Waals surface area contributed by atoms with Crippen LogP contribution < -0.4 is 10.5 Å². The van der Waals surface area contributed by atoms with Crippen molar-refractivity contribution < 1.29 is 28.9 Å². The Labute approximate surface area is 127 Å². The van der Waals surface area contributed by atoms with Crippen LogP contribution in [0.4, 0.5) is 4.39 Å².